The topological polar surface area (TPSA) is 19.4 Å². The molecule has 6 nitrogen and oxygen atoms in total. The molecule has 0 bridgehead atoms. The highest BCUT2D eigenvalue weighted by molar-refractivity contribution is 7.26. The number of hydrogen-bond donors (Lipinski definition) is 0. The summed E-state index contributed by atoms with van der Waals surface area (Å²) < 4.78 is 7.55. The average Bonchev–Trinajstić information content (AvgIpc) is 1.06. The van der Waals surface area contributed by atoms with Crippen molar-refractivity contribution in [1.29, 1.82) is 0 Å². The SMILES string of the molecule is c1ccc(-c2ccccc2N2c3cc4c(cc3B3c5ccccc5N(c5cccc6sc7ccccc7c56)c5cc(N(c6ccccc6)c6ccccc6)cc2c53)B2c3ccccc3N(c3cccc5sc6ccccc6c35)c3cc(N(c5ccccc5)c5cccc6sc7ccccc7c56)cc(c32)N4c2ccccc2)cc1. The zero-order valence-electron chi connectivity index (χ0n) is 61.0. The Kier molecular flexibility index (Phi) is 14.5. The highest BCUT2D eigenvalue weighted by atomic mass is 32.1. The van der Waals surface area contributed by atoms with Crippen LogP contribution < -0.4 is 62.2 Å². The summed E-state index contributed by atoms with van der Waals surface area (Å²) in [6, 6.07) is 146. The summed E-state index contributed by atoms with van der Waals surface area (Å²) in [4.78, 5) is 15.6. The van der Waals surface area contributed by atoms with Gasteiger partial charge in [-0.3, -0.25) is 0 Å². The molecule has 4 aliphatic rings. The van der Waals surface area contributed by atoms with Crippen molar-refractivity contribution in [2.75, 3.05) is 29.4 Å². The Hall–Kier alpha value is -13.7. The molecule has 0 N–H and O–H groups in total. The molecule has 20 aromatic rings. The lowest BCUT2D eigenvalue weighted by molar-refractivity contribution is 1.22. The van der Waals surface area contributed by atoms with Crippen molar-refractivity contribution in [2.24, 2.45) is 0 Å². The molecule has 0 aliphatic carbocycles. The van der Waals surface area contributed by atoms with E-state index in [1.165, 1.54) is 93.3 Å². The van der Waals surface area contributed by atoms with Gasteiger partial charge >= 0.3 is 0 Å². The first-order chi connectivity index (χ1) is 56.1. The molecule has 24 rings (SSSR count). The van der Waals surface area contributed by atoms with E-state index in [4.69, 9.17) is 0 Å². The fourth-order valence-electron chi connectivity index (χ4n) is 19.2. The Labute approximate surface area is 666 Å². The smallest absolute Gasteiger partial charge is 0.252 e. The zero-order chi connectivity index (χ0) is 73.9. The molecule has 0 amide bonds. The van der Waals surface area contributed by atoms with Crippen LogP contribution in [-0.2, 0) is 0 Å². The van der Waals surface area contributed by atoms with Crippen LogP contribution in [0.5, 0.6) is 0 Å². The minimum Gasteiger partial charge on any atom is -0.311 e. The molecular formula is C102H64B2N6S3. The van der Waals surface area contributed by atoms with Gasteiger partial charge in [-0.05, 0) is 190 Å². The van der Waals surface area contributed by atoms with E-state index in [9.17, 15) is 0 Å². The third kappa shape index (κ3) is 9.72. The van der Waals surface area contributed by atoms with E-state index in [2.05, 4.69) is 418 Å². The first-order valence-electron chi connectivity index (χ1n) is 38.7. The van der Waals surface area contributed by atoms with Gasteiger partial charge < -0.3 is 29.4 Å². The second-order valence-corrected chi connectivity index (χ2v) is 33.0. The van der Waals surface area contributed by atoms with Crippen LogP contribution in [0.2, 0.25) is 0 Å². The molecule has 3 aromatic heterocycles. The van der Waals surface area contributed by atoms with Gasteiger partial charge in [-0.2, -0.15) is 0 Å². The van der Waals surface area contributed by atoms with Crippen LogP contribution in [0.15, 0.2) is 388 Å². The molecule has 526 valence electrons. The van der Waals surface area contributed by atoms with Gasteiger partial charge in [-0.1, -0.05) is 237 Å². The number of benzene rings is 17. The Morgan fingerprint density at radius 2 is 0.566 bits per heavy atom. The Balaban J connectivity index is 0.845. The molecule has 0 fully saturated rings. The summed E-state index contributed by atoms with van der Waals surface area (Å²) in [6.07, 6.45) is 0. The maximum absolute atomic E-state index is 2.69. The first kappa shape index (κ1) is 64.2. The summed E-state index contributed by atoms with van der Waals surface area (Å²) >= 11 is 5.61. The lowest BCUT2D eigenvalue weighted by atomic mass is 9.30. The average molecular weight is 1490 g/mol. The normalized spacial score (nSPS) is 13.0. The van der Waals surface area contributed by atoms with Gasteiger partial charge in [-0.25, -0.2) is 0 Å². The standard InChI is InChI=1S/C102H64B2N6S3/c1-6-31-65(32-7-1)72-41-16-22-47-80(72)108-87-64-86-78(63-79(87)104-77-46-21-24-49-82(77)109(84-51-29-57-96-99(84)74-43-18-26-54-93(74)112-96)90-60-70(59-89(108)102(90)104)105(66-33-8-2-9-34-66)67-35-10-3-11-36-67)103-76-45-20-23-48-81(76)110(85-52-30-58-97-100(85)75-44-19-27-55-94(75)113-97)91-62-71(61-88(101(91)103)107(86)69-39-14-5-15-40-69)106(68-37-12-4-13-38-68)83-50-28-56-95-98(83)73-42-17-25-53-92(73)111-95/h1-64H. The predicted molar refractivity (Wildman–Crippen MR) is 488 cm³/mol. The van der Waals surface area contributed by atoms with Crippen molar-refractivity contribution in [3.05, 3.63) is 388 Å². The second-order valence-electron chi connectivity index (χ2n) is 29.7. The van der Waals surface area contributed by atoms with Crippen molar-refractivity contribution in [2.45, 2.75) is 0 Å². The van der Waals surface area contributed by atoms with Gasteiger partial charge in [0.1, 0.15) is 0 Å². The minimum atomic E-state index is -0.259. The van der Waals surface area contributed by atoms with Gasteiger partial charge in [0, 0.05) is 134 Å². The maximum atomic E-state index is 2.69. The van der Waals surface area contributed by atoms with Gasteiger partial charge in [0.25, 0.3) is 13.4 Å². The van der Waals surface area contributed by atoms with Crippen molar-refractivity contribution in [1.82, 2.24) is 0 Å². The van der Waals surface area contributed by atoms with Crippen LogP contribution >= 0.6 is 34.0 Å². The predicted octanol–water partition coefficient (Wildman–Crippen LogP) is 25.6. The number of rotatable bonds is 11. The quantitative estimate of drug-likeness (QED) is 0.119. The highest BCUT2D eigenvalue weighted by Crippen LogP contribution is 2.57. The molecular weight excluding hydrogens is 1430 g/mol. The Bertz CT molecular complexity index is 7230. The molecule has 17 aromatic carbocycles. The maximum Gasteiger partial charge on any atom is 0.252 e. The minimum absolute atomic E-state index is 0.256. The largest absolute Gasteiger partial charge is 0.311 e. The summed E-state index contributed by atoms with van der Waals surface area (Å²) in [5, 5.41) is 7.47. The number of hydrogen-bond acceptors (Lipinski definition) is 9. The number of para-hydroxylation sites is 7. The monoisotopic (exact) mass is 1490 g/mol. The summed E-state index contributed by atoms with van der Waals surface area (Å²) in [7, 11) is 0. The van der Waals surface area contributed by atoms with Crippen molar-refractivity contribution in [3.63, 3.8) is 0 Å². The molecule has 11 heteroatoms. The number of fused-ring (bicyclic) bond motifs is 17. The van der Waals surface area contributed by atoms with Gasteiger partial charge in [0.15, 0.2) is 0 Å². The molecule has 7 heterocycles. The lowest BCUT2D eigenvalue weighted by Gasteiger charge is -2.48. The van der Waals surface area contributed by atoms with E-state index in [-0.39, 0.29) is 13.4 Å². The number of thiophene rings is 3. The fraction of sp³-hybridized carbons (Fsp3) is 0. The number of nitrogens with zero attached hydrogens (tertiary/aromatic N) is 6. The molecule has 0 radical (unpaired) electrons. The molecule has 0 saturated heterocycles. The van der Waals surface area contributed by atoms with Crippen LogP contribution in [0.1, 0.15) is 0 Å². The third-order valence-electron chi connectivity index (χ3n) is 23.7. The zero-order valence-corrected chi connectivity index (χ0v) is 63.5. The number of anilines is 18. The Morgan fingerprint density at radius 1 is 0.212 bits per heavy atom. The van der Waals surface area contributed by atoms with Gasteiger partial charge in [0.2, 0.25) is 0 Å². The van der Waals surface area contributed by atoms with Crippen LogP contribution in [-0.4, -0.2) is 13.4 Å². The summed E-state index contributed by atoms with van der Waals surface area (Å²) in [6.45, 7) is -0.515. The lowest BCUT2D eigenvalue weighted by Crippen LogP contribution is -2.65. The third-order valence-corrected chi connectivity index (χ3v) is 27.1. The van der Waals surface area contributed by atoms with E-state index in [0.717, 1.165) is 113 Å². The summed E-state index contributed by atoms with van der Waals surface area (Å²) in [5.74, 6) is 0. The fourth-order valence-corrected chi connectivity index (χ4v) is 22.6. The molecule has 113 heavy (non-hydrogen) atoms. The van der Waals surface area contributed by atoms with E-state index in [1.54, 1.807) is 0 Å². The van der Waals surface area contributed by atoms with E-state index < -0.39 is 0 Å². The highest BCUT2D eigenvalue weighted by Gasteiger charge is 2.50. The molecule has 0 atom stereocenters. The molecule has 0 saturated carbocycles. The molecule has 0 unspecified atom stereocenters. The molecule has 0 spiro atoms. The van der Waals surface area contributed by atoms with Crippen LogP contribution in [0.25, 0.3) is 71.6 Å². The van der Waals surface area contributed by atoms with Gasteiger partial charge in [0.05, 0.1) is 34.1 Å². The van der Waals surface area contributed by atoms with Crippen LogP contribution in [0.4, 0.5) is 102 Å². The van der Waals surface area contributed by atoms with E-state index in [1.807, 2.05) is 34.0 Å². The van der Waals surface area contributed by atoms with E-state index in [0.29, 0.717) is 0 Å². The first-order valence-corrected chi connectivity index (χ1v) is 41.1. The van der Waals surface area contributed by atoms with Gasteiger partial charge in [-0.15, -0.1) is 34.0 Å². The van der Waals surface area contributed by atoms with Crippen LogP contribution in [0, 0.1) is 0 Å². The second kappa shape index (κ2) is 25.4. The van der Waals surface area contributed by atoms with E-state index >= 15 is 0 Å². The van der Waals surface area contributed by atoms with Crippen molar-refractivity contribution in [3.8, 4) is 11.1 Å². The van der Waals surface area contributed by atoms with Crippen molar-refractivity contribution >= 4 is 243 Å². The Morgan fingerprint density at radius 3 is 1.08 bits per heavy atom. The van der Waals surface area contributed by atoms with Crippen LogP contribution in [0.3, 0.4) is 0 Å². The summed E-state index contributed by atoms with van der Waals surface area (Å²) in [5.41, 5.74) is 29.5. The molecule has 4 aliphatic heterocycles. The van der Waals surface area contributed by atoms with Crippen molar-refractivity contribution < 1.29 is 0 Å².